The van der Waals surface area contributed by atoms with Crippen molar-refractivity contribution in [1.82, 2.24) is 15.5 Å². The zero-order valence-electron chi connectivity index (χ0n) is 14.8. The van der Waals surface area contributed by atoms with Crippen LogP contribution in [0.25, 0.3) is 11.3 Å². The molecule has 1 saturated heterocycles. The molecule has 1 aliphatic heterocycles. The van der Waals surface area contributed by atoms with Gasteiger partial charge in [0.1, 0.15) is 11.6 Å². The van der Waals surface area contributed by atoms with Crippen LogP contribution in [0.5, 0.6) is 0 Å². The van der Waals surface area contributed by atoms with Crippen LogP contribution in [-0.2, 0) is 0 Å². The number of nitrogens with zero attached hydrogens (tertiary/aromatic N) is 2. The second kappa shape index (κ2) is 7.59. The van der Waals surface area contributed by atoms with Gasteiger partial charge in [-0.05, 0) is 54.4 Å². The smallest absolute Gasteiger partial charge is 0.253 e. The Hall–Kier alpha value is -2.93. The van der Waals surface area contributed by atoms with Gasteiger partial charge in [-0.3, -0.25) is 9.89 Å². The molecule has 1 atom stereocenters. The van der Waals surface area contributed by atoms with Crippen molar-refractivity contribution >= 4 is 23.3 Å². The summed E-state index contributed by atoms with van der Waals surface area (Å²) < 4.78 is 26.2. The number of carbonyl (C=O) groups excluding carboxylic acids is 1. The van der Waals surface area contributed by atoms with Crippen LogP contribution in [0.2, 0.25) is 5.02 Å². The molecule has 5 nitrogen and oxygen atoms in total. The summed E-state index contributed by atoms with van der Waals surface area (Å²) in [5.74, 6) is -0.339. The fourth-order valence-electron chi connectivity index (χ4n) is 3.27. The largest absolute Gasteiger partial charge is 0.353 e. The Kier molecular flexibility index (Phi) is 5.00. The first-order chi connectivity index (χ1) is 13.5. The Bertz CT molecular complexity index is 1010. The maximum atomic E-state index is 13.1. The molecule has 0 spiro atoms. The predicted molar refractivity (Wildman–Crippen MR) is 103 cm³/mol. The molecule has 1 amide bonds. The van der Waals surface area contributed by atoms with E-state index in [2.05, 4.69) is 20.4 Å². The molecule has 0 unspecified atom stereocenters. The average molecular weight is 403 g/mol. The number of aromatic amines is 1. The van der Waals surface area contributed by atoms with E-state index in [1.807, 2.05) is 6.07 Å². The Morgan fingerprint density at radius 2 is 1.89 bits per heavy atom. The lowest BCUT2D eigenvalue weighted by Gasteiger charge is -2.16. The molecule has 28 heavy (non-hydrogen) atoms. The SMILES string of the molecule is O=C(N[C@@H]1CCN(c2cc(-c3ccc(F)cc3)[nH]n2)C1)c1ccc(F)cc1Cl. The Morgan fingerprint density at radius 1 is 1.14 bits per heavy atom. The number of hydrogen-bond donors (Lipinski definition) is 2. The van der Waals surface area contributed by atoms with Crippen molar-refractivity contribution in [3.05, 3.63) is 70.8 Å². The lowest BCUT2D eigenvalue weighted by atomic mass is 10.1. The highest BCUT2D eigenvalue weighted by molar-refractivity contribution is 6.33. The zero-order valence-corrected chi connectivity index (χ0v) is 15.5. The molecule has 2 N–H and O–H groups in total. The van der Waals surface area contributed by atoms with Crippen molar-refractivity contribution in [2.45, 2.75) is 12.5 Å². The van der Waals surface area contributed by atoms with E-state index in [4.69, 9.17) is 11.6 Å². The van der Waals surface area contributed by atoms with Gasteiger partial charge in [0, 0.05) is 25.2 Å². The molecule has 0 saturated carbocycles. The van der Waals surface area contributed by atoms with Gasteiger partial charge in [-0.15, -0.1) is 0 Å². The minimum Gasteiger partial charge on any atom is -0.353 e. The number of nitrogens with one attached hydrogen (secondary N) is 2. The van der Waals surface area contributed by atoms with Crippen LogP contribution in [0.1, 0.15) is 16.8 Å². The van der Waals surface area contributed by atoms with Crippen molar-refractivity contribution in [3.63, 3.8) is 0 Å². The number of H-pyrrole nitrogens is 1. The first-order valence-electron chi connectivity index (χ1n) is 8.82. The quantitative estimate of drug-likeness (QED) is 0.693. The molecule has 8 heteroatoms. The van der Waals surface area contributed by atoms with Crippen LogP contribution in [0.3, 0.4) is 0 Å². The summed E-state index contributed by atoms with van der Waals surface area (Å²) in [6, 6.07) is 11.7. The minimum atomic E-state index is -0.482. The van der Waals surface area contributed by atoms with Crippen LogP contribution < -0.4 is 10.2 Å². The molecule has 144 valence electrons. The molecular formula is C20H17ClF2N4O. The van der Waals surface area contributed by atoms with E-state index in [1.165, 1.54) is 24.3 Å². The Balaban J connectivity index is 1.40. The van der Waals surface area contributed by atoms with E-state index < -0.39 is 5.82 Å². The summed E-state index contributed by atoms with van der Waals surface area (Å²) in [5.41, 5.74) is 1.88. The van der Waals surface area contributed by atoms with E-state index in [0.29, 0.717) is 6.54 Å². The van der Waals surface area contributed by atoms with E-state index in [1.54, 1.807) is 12.1 Å². The zero-order chi connectivity index (χ0) is 19.7. The van der Waals surface area contributed by atoms with Gasteiger partial charge in [0.25, 0.3) is 5.91 Å². The number of halogens is 3. The third-order valence-electron chi connectivity index (χ3n) is 4.74. The molecule has 0 radical (unpaired) electrons. The standard InChI is InChI=1S/C20H17ClF2N4O/c21-17-9-14(23)5-6-16(17)20(28)24-15-7-8-27(11-15)19-10-18(25-26-19)12-1-3-13(22)4-2-12/h1-6,9-10,15H,7-8,11H2,(H,24,28)(H,25,26)/t15-/m1/s1. The van der Waals surface area contributed by atoms with Crippen LogP contribution in [-0.4, -0.2) is 35.2 Å². The number of amides is 1. The van der Waals surface area contributed by atoms with Crippen molar-refractivity contribution in [1.29, 1.82) is 0 Å². The Morgan fingerprint density at radius 3 is 2.64 bits per heavy atom. The van der Waals surface area contributed by atoms with E-state index >= 15 is 0 Å². The van der Waals surface area contributed by atoms with Gasteiger partial charge >= 0.3 is 0 Å². The highest BCUT2D eigenvalue weighted by Gasteiger charge is 2.26. The summed E-state index contributed by atoms with van der Waals surface area (Å²) in [6.45, 7) is 1.33. The highest BCUT2D eigenvalue weighted by Crippen LogP contribution is 2.25. The molecule has 1 aliphatic rings. The van der Waals surface area contributed by atoms with Crippen molar-refractivity contribution in [3.8, 4) is 11.3 Å². The number of benzene rings is 2. The first-order valence-corrected chi connectivity index (χ1v) is 9.19. The molecule has 0 aliphatic carbocycles. The second-order valence-electron chi connectivity index (χ2n) is 6.68. The molecule has 2 heterocycles. The molecule has 1 fully saturated rings. The van der Waals surface area contributed by atoms with Gasteiger partial charge in [-0.2, -0.15) is 5.10 Å². The molecule has 4 rings (SSSR count). The molecule has 1 aromatic heterocycles. The summed E-state index contributed by atoms with van der Waals surface area (Å²) in [7, 11) is 0. The molecular weight excluding hydrogens is 386 g/mol. The van der Waals surface area contributed by atoms with Crippen molar-refractivity contribution in [2.24, 2.45) is 0 Å². The number of anilines is 1. The fraction of sp³-hybridized carbons (Fsp3) is 0.200. The van der Waals surface area contributed by atoms with Crippen molar-refractivity contribution in [2.75, 3.05) is 18.0 Å². The number of carbonyl (C=O) groups is 1. The number of hydrogen-bond acceptors (Lipinski definition) is 3. The molecule has 2 aromatic carbocycles. The number of aromatic nitrogens is 2. The number of rotatable bonds is 4. The third-order valence-corrected chi connectivity index (χ3v) is 5.06. The van der Waals surface area contributed by atoms with Crippen molar-refractivity contribution < 1.29 is 13.6 Å². The van der Waals surface area contributed by atoms with Gasteiger partial charge in [0.05, 0.1) is 16.3 Å². The fourth-order valence-corrected chi connectivity index (χ4v) is 3.53. The summed E-state index contributed by atoms with van der Waals surface area (Å²) in [6.07, 6.45) is 0.753. The summed E-state index contributed by atoms with van der Waals surface area (Å²) >= 11 is 5.96. The average Bonchev–Trinajstić information content (AvgIpc) is 3.31. The minimum absolute atomic E-state index is 0.0698. The van der Waals surface area contributed by atoms with Crippen LogP contribution >= 0.6 is 11.6 Å². The van der Waals surface area contributed by atoms with Gasteiger partial charge in [-0.25, -0.2) is 8.78 Å². The highest BCUT2D eigenvalue weighted by atomic mass is 35.5. The van der Waals surface area contributed by atoms with E-state index in [0.717, 1.165) is 36.1 Å². The monoisotopic (exact) mass is 402 g/mol. The van der Waals surface area contributed by atoms with E-state index in [9.17, 15) is 13.6 Å². The van der Waals surface area contributed by atoms with Crippen LogP contribution in [0, 0.1) is 11.6 Å². The predicted octanol–water partition coefficient (Wildman–Crippen LogP) is 4.02. The van der Waals surface area contributed by atoms with Gasteiger partial charge < -0.3 is 10.2 Å². The van der Waals surface area contributed by atoms with Crippen LogP contribution in [0.4, 0.5) is 14.6 Å². The topological polar surface area (TPSA) is 61.0 Å². The van der Waals surface area contributed by atoms with E-state index in [-0.39, 0.29) is 28.4 Å². The summed E-state index contributed by atoms with van der Waals surface area (Å²) in [5, 5.41) is 10.3. The maximum Gasteiger partial charge on any atom is 0.253 e. The normalized spacial score (nSPS) is 16.4. The van der Waals surface area contributed by atoms with Gasteiger partial charge in [0.2, 0.25) is 0 Å². The first kappa shape index (κ1) is 18.4. The third kappa shape index (κ3) is 3.84. The van der Waals surface area contributed by atoms with Crippen LogP contribution in [0.15, 0.2) is 48.5 Å². The molecule has 3 aromatic rings. The molecule has 0 bridgehead atoms. The lowest BCUT2D eigenvalue weighted by molar-refractivity contribution is 0.0940. The summed E-state index contributed by atoms with van der Waals surface area (Å²) in [4.78, 5) is 14.5. The Labute approximate surface area is 165 Å². The van der Waals surface area contributed by atoms with Gasteiger partial charge in [-0.1, -0.05) is 11.6 Å². The van der Waals surface area contributed by atoms with Gasteiger partial charge in [0.15, 0.2) is 5.82 Å². The second-order valence-corrected chi connectivity index (χ2v) is 7.08. The lowest BCUT2D eigenvalue weighted by Crippen LogP contribution is -2.37. The maximum absolute atomic E-state index is 13.1.